The molecule has 4 heteroatoms. The van der Waals surface area contributed by atoms with Gasteiger partial charge in [-0.05, 0) is 46.0 Å². The minimum Gasteiger partial charge on any atom is -0.461 e. The van der Waals surface area contributed by atoms with Crippen LogP contribution >= 0.6 is 0 Å². The summed E-state index contributed by atoms with van der Waals surface area (Å²) in [5.74, 6) is -1.89. The number of methoxy groups -OCH3 is 2. The Bertz CT molecular complexity index is 470. The van der Waals surface area contributed by atoms with Gasteiger partial charge in [-0.3, -0.25) is 0 Å². The second-order valence-corrected chi connectivity index (χ2v) is 6.10. The maximum absolute atomic E-state index is 12.3. The van der Waals surface area contributed by atoms with E-state index in [0.717, 1.165) is 31.3 Å². The Kier molecular flexibility index (Phi) is 12.7. The van der Waals surface area contributed by atoms with Crippen molar-refractivity contribution in [1.82, 2.24) is 0 Å². The van der Waals surface area contributed by atoms with E-state index in [1.807, 2.05) is 19.1 Å². The van der Waals surface area contributed by atoms with E-state index in [9.17, 15) is 4.79 Å². The van der Waals surface area contributed by atoms with Crippen LogP contribution in [0.2, 0.25) is 0 Å². The van der Waals surface area contributed by atoms with Gasteiger partial charge in [-0.25, -0.2) is 4.79 Å². The molecule has 0 aromatic rings. The lowest BCUT2D eigenvalue weighted by atomic mass is 10.0. The number of allylic oxidation sites excluding steroid dienone is 4. The monoisotopic (exact) mass is 350 g/mol. The third-order valence-electron chi connectivity index (χ3n) is 3.96. The quantitative estimate of drug-likeness (QED) is 0.143. The SMILES string of the molecule is C=C/C=C(\C)CCCC/C=C(\C)CC(OC)(OC)C(=O)OCCC=C. The predicted octanol–water partition coefficient (Wildman–Crippen LogP) is 5.12. The Balaban J connectivity index is 4.53. The molecule has 0 bridgehead atoms. The minimum absolute atomic E-state index is 0.275. The molecule has 0 aromatic carbocycles. The van der Waals surface area contributed by atoms with E-state index in [0.29, 0.717) is 12.8 Å². The number of carbonyl (C=O) groups excluding carboxylic acids is 1. The molecule has 0 radical (unpaired) electrons. The fraction of sp³-hybridized carbons (Fsp3) is 0.571. The van der Waals surface area contributed by atoms with Crippen molar-refractivity contribution in [3.05, 3.63) is 48.6 Å². The van der Waals surface area contributed by atoms with Crippen LogP contribution in [-0.2, 0) is 19.0 Å². The van der Waals surface area contributed by atoms with Crippen LogP contribution in [0.4, 0.5) is 0 Å². The molecular weight excluding hydrogens is 316 g/mol. The van der Waals surface area contributed by atoms with Crippen molar-refractivity contribution < 1.29 is 19.0 Å². The van der Waals surface area contributed by atoms with E-state index < -0.39 is 11.8 Å². The molecule has 4 nitrogen and oxygen atoms in total. The van der Waals surface area contributed by atoms with E-state index in [1.54, 1.807) is 6.08 Å². The highest BCUT2D eigenvalue weighted by Crippen LogP contribution is 2.24. The van der Waals surface area contributed by atoms with Crippen molar-refractivity contribution in [2.45, 2.75) is 58.2 Å². The summed E-state index contributed by atoms with van der Waals surface area (Å²) in [6.45, 7) is 11.7. The number of unbranched alkanes of at least 4 members (excludes halogenated alkanes) is 2. The molecule has 0 aliphatic rings. The average Bonchev–Trinajstić information content (AvgIpc) is 2.59. The first kappa shape index (κ1) is 23.4. The van der Waals surface area contributed by atoms with Crippen molar-refractivity contribution in [2.24, 2.45) is 0 Å². The molecule has 0 unspecified atom stereocenters. The lowest BCUT2D eigenvalue weighted by Gasteiger charge is -2.28. The Labute approximate surface area is 153 Å². The van der Waals surface area contributed by atoms with Crippen LogP contribution in [-0.4, -0.2) is 32.6 Å². The highest BCUT2D eigenvalue weighted by atomic mass is 16.7. The van der Waals surface area contributed by atoms with Crippen LogP contribution in [0.15, 0.2) is 48.6 Å². The van der Waals surface area contributed by atoms with Crippen molar-refractivity contribution in [3.63, 3.8) is 0 Å². The second-order valence-electron chi connectivity index (χ2n) is 6.10. The van der Waals surface area contributed by atoms with Crippen molar-refractivity contribution >= 4 is 5.97 Å². The van der Waals surface area contributed by atoms with E-state index in [2.05, 4.69) is 26.2 Å². The van der Waals surface area contributed by atoms with Gasteiger partial charge in [-0.15, -0.1) is 6.58 Å². The fourth-order valence-electron chi connectivity index (χ4n) is 2.43. The van der Waals surface area contributed by atoms with Gasteiger partial charge in [0.25, 0.3) is 5.79 Å². The zero-order valence-electron chi connectivity index (χ0n) is 16.3. The molecular formula is C21H34O4. The number of carbonyl (C=O) groups is 1. The number of esters is 1. The maximum atomic E-state index is 12.3. The number of hydrogen-bond donors (Lipinski definition) is 0. The first-order valence-electron chi connectivity index (χ1n) is 8.78. The van der Waals surface area contributed by atoms with Gasteiger partial charge in [0, 0.05) is 20.6 Å². The smallest absolute Gasteiger partial charge is 0.367 e. The number of rotatable bonds is 14. The van der Waals surface area contributed by atoms with Gasteiger partial charge >= 0.3 is 5.97 Å². The van der Waals surface area contributed by atoms with Crippen LogP contribution in [0, 0.1) is 0 Å². The minimum atomic E-state index is -1.38. The zero-order valence-corrected chi connectivity index (χ0v) is 16.3. The van der Waals surface area contributed by atoms with E-state index in [-0.39, 0.29) is 6.61 Å². The molecule has 142 valence electrons. The van der Waals surface area contributed by atoms with E-state index >= 15 is 0 Å². The highest BCUT2D eigenvalue weighted by molar-refractivity contribution is 5.78. The molecule has 25 heavy (non-hydrogen) atoms. The molecule has 0 spiro atoms. The molecule has 0 fully saturated rings. The molecule has 0 aliphatic heterocycles. The summed E-state index contributed by atoms with van der Waals surface area (Å²) in [7, 11) is 2.92. The van der Waals surface area contributed by atoms with Gasteiger partial charge in [0.2, 0.25) is 0 Å². The summed E-state index contributed by atoms with van der Waals surface area (Å²) in [5.41, 5.74) is 2.39. The molecule has 0 saturated carbocycles. The van der Waals surface area contributed by atoms with Crippen LogP contribution in [0.5, 0.6) is 0 Å². The summed E-state index contributed by atoms with van der Waals surface area (Å²) >= 11 is 0. The maximum Gasteiger partial charge on any atom is 0.367 e. The number of hydrogen-bond acceptors (Lipinski definition) is 4. The molecule has 0 atom stereocenters. The largest absolute Gasteiger partial charge is 0.461 e. The molecule has 0 aliphatic carbocycles. The molecule has 0 aromatic heterocycles. The van der Waals surface area contributed by atoms with Crippen molar-refractivity contribution in [1.29, 1.82) is 0 Å². The van der Waals surface area contributed by atoms with Gasteiger partial charge in [-0.1, -0.05) is 42.0 Å². The zero-order chi connectivity index (χ0) is 19.1. The normalized spacial score (nSPS) is 12.8. The van der Waals surface area contributed by atoms with E-state index in [4.69, 9.17) is 14.2 Å². The second kappa shape index (κ2) is 13.6. The van der Waals surface area contributed by atoms with Gasteiger partial charge in [-0.2, -0.15) is 0 Å². The van der Waals surface area contributed by atoms with Crippen LogP contribution in [0.1, 0.15) is 52.4 Å². The van der Waals surface area contributed by atoms with Crippen molar-refractivity contribution in [3.8, 4) is 0 Å². The van der Waals surface area contributed by atoms with E-state index in [1.165, 1.54) is 19.8 Å². The third kappa shape index (κ3) is 9.42. The van der Waals surface area contributed by atoms with Gasteiger partial charge in [0.05, 0.1) is 6.61 Å². The first-order chi connectivity index (χ1) is 12.0. The van der Waals surface area contributed by atoms with Crippen LogP contribution in [0.25, 0.3) is 0 Å². The van der Waals surface area contributed by atoms with Gasteiger partial charge in [0.15, 0.2) is 0 Å². The average molecular weight is 350 g/mol. The summed E-state index contributed by atoms with van der Waals surface area (Å²) in [5, 5.41) is 0. The molecule has 0 N–H and O–H groups in total. The third-order valence-corrected chi connectivity index (χ3v) is 3.96. The van der Waals surface area contributed by atoms with Gasteiger partial charge in [0.1, 0.15) is 0 Å². The predicted molar refractivity (Wildman–Crippen MR) is 103 cm³/mol. The topological polar surface area (TPSA) is 44.8 Å². The Hall–Kier alpha value is -1.65. The lowest BCUT2D eigenvalue weighted by molar-refractivity contribution is -0.229. The Morgan fingerprint density at radius 2 is 1.72 bits per heavy atom. The van der Waals surface area contributed by atoms with Crippen molar-refractivity contribution in [2.75, 3.05) is 20.8 Å². The summed E-state index contributed by atoms with van der Waals surface area (Å²) in [4.78, 5) is 12.3. The summed E-state index contributed by atoms with van der Waals surface area (Å²) in [6.07, 6.45) is 12.9. The number of ether oxygens (including phenoxy) is 3. The standard InChI is InChI=1S/C21H34O4/c1-7-9-16-25-20(22)21(23-5,24-6)17-19(4)15-12-10-11-14-18(3)13-8-2/h7-8,13,15H,1-2,9-12,14,16-17H2,3-6H3/b18-13+,19-15+. The Morgan fingerprint density at radius 3 is 2.28 bits per heavy atom. The first-order valence-corrected chi connectivity index (χ1v) is 8.78. The lowest BCUT2D eigenvalue weighted by Crippen LogP contribution is -2.44. The summed E-state index contributed by atoms with van der Waals surface area (Å²) in [6, 6.07) is 0. The van der Waals surface area contributed by atoms with Gasteiger partial charge < -0.3 is 14.2 Å². The fourth-order valence-corrected chi connectivity index (χ4v) is 2.43. The molecule has 0 heterocycles. The Morgan fingerprint density at radius 1 is 1.04 bits per heavy atom. The molecule has 0 saturated heterocycles. The van der Waals surface area contributed by atoms with Crippen LogP contribution < -0.4 is 0 Å². The molecule has 0 rings (SSSR count). The van der Waals surface area contributed by atoms with Crippen LogP contribution in [0.3, 0.4) is 0 Å². The molecule has 0 amide bonds. The highest BCUT2D eigenvalue weighted by Gasteiger charge is 2.40. The summed E-state index contributed by atoms with van der Waals surface area (Å²) < 4.78 is 15.9.